The van der Waals surface area contributed by atoms with Crippen molar-refractivity contribution < 1.29 is 4.79 Å². The topological polar surface area (TPSA) is 47.2 Å². The summed E-state index contributed by atoms with van der Waals surface area (Å²) < 4.78 is 3.43. The van der Waals surface area contributed by atoms with Crippen molar-refractivity contribution in [3.8, 4) is 5.69 Å². The number of hydrogen-bond donors (Lipinski definition) is 0. The Kier molecular flexibility index (Phi) is 4.44. The average molecular weight is 379 g/mol. The number of carbonyl (C=O) groups is 1. The highest BCUT2D eigenvalue weighted by molar-refractivity contribution is 8.00. The fourth-order valence-corrected chi connectivity index (χ4v) is 4.64. The minimum Gasteiger partial charge on any atom is -0.288 e. The van der Waals surface area contributed by atoms with E-state index >= 15 is 0 Å². The van der Waals surface area contributed by atoms with Crippen molar-refractivity contribution in [1.29, 1.82) is 0 Å². The second kappa shape index (κ2) is 6.78. The lowest BCUT2D eigenvalue weighted by Crippen LogP contribution is -2.33. The minimum atomic E-state index is -0.184. The van der Waals surface area contributed by atoms with E-state index in [1.165, 1.54) is 5.56 Å². The van der Waals surface area contributed by atoms with Crippen molar-refractivity contribution in [3.63, 3.8) is 0 Å². The Morgan fingerprint density at radius 3 is 2.30 bits per heavy atom. The van der Waals surface area contributed by atoms with Gasteiger partial charge in [-0.3, -0.25) is 19.2 Å². The number of aryl methyl sites for hydroxylation is 1. The molecule has 0 aliphatic carbocycles. The van der Waals surface area contributed by atoms with Crippen LogP contribution in [0.5, 0.6) is 0 Å². The number of hydrogen-bond acceptors (Lipinski definition) is 3. The molecule has 0 spiro atoms. The van der Waals surface area contributed by atoms with Gasteiger partial charge in [-0.25, -0.2) is 4.68 Å². The van der Waals surface area contributed by atoms with Crippen LogP contribution < -0.4 is 10.5 Å². The first-order chi connectivity index (χ1) is 13.0. The van der Waals surface area contributed by atoms with Gasteiger partial charge < -0.3 is 0 Å². The number of carbonyl (C=O) groups excluding carboxylic acids is 1. The number of anilines is 1. The maximum absolute atomic E-state index is 13.3. The standard InChI is InChI=1S/C21H21N3O2S/c1-14-9-11-16(12-10-14)21-23(18(25)13-27-21)19-15(2)22(3)24(20(19)26)17-7-5-4-6-8-17/h4-12,21H,13H2,1-3H3/t21-/m1/s1. The van der Waals surface area contributed by atoms with Crippen LogP contribution in [0.15, 0.2) is 59.4 Å². The molecule has 0 unspecified atom stereocenters. The van der Waals surface area contributed by atoms with Gasteiger partial charge in [-0.1, -0.05) is 48.0 Å². The van der Waals surface area contributed by atoms with E-state index < -0.39 is 0 Å². The predicted octanol–water partition coefficient (Wildman–Crippen LogP) is 3.57. The van der Waals surface area contributed by atoms with Crippen LogP contribution in [-0.4, -0.2) is 21.0 Å². The van der Waals surface area contributed by atoms with E-state index in [0.717, 1.165) is 16.9 Å². The number of para-hydroxylation sites is 1. The third-order valence-electron chi connectivity index (χ3n) is 5.00. The van der Waals surface area contributed by atoms with Crippen molar-refractivity contribution in [1.82, 2.24) is 9.36 Å². The van der Waals surface area contributed by atoms with E-state index in [0.29, 0.717) is 11.4 Å². The Balaban J connectivity index is 1.86. The van der Waals surface area contributed by atoms with Gasteiger partial charge in [0.25, 0.3) is 5.56 Å². The van der Waals surface area contributed by atoms with Crippen molar-refractivity contribution in [2.24, 2.45) is 7.05 Å². The van der Waals surface area contributed by atoms with Crippen LogP contribution in [0.25, 0.3) is 5.69 Å². The highest BCUT2D eigenvalue weighted by Gasteiger charge is 2.38. The fraction of sp³-hybridized carbons (Fsp3) is 0.238. The van der Waals surface area contributed by atoms with Crippen LogP contribution in [0.1, 0.15) is 22.2 Å². The molecule has 1 aliphatic heterocycles. The molecule has 1 aliphatic rings. The van der Waals surface area contributed by atoms with E-state index in [1.807, 2.05) is 80.2 Å². The highest BCUT2D eigenvalue weighted by atomic mass is 32.2. The van der Waals surface area contributed by atoms with Crippen molar-refractivity contribution in [2.45, 2.75) is 19.2 Å². The van der Waals surface area contributed by atoms with Crippen LogP contribution in [0.4, 0.5) is 5.69 Å². The summed E-state index contributed by atoms with van der Waals surface area (Å²) in [6.07, 6.45) is 0. The molecule has 1 atom stereocenters. The molecule has 1 aromatic heterocycles. The molecule has 0 radical (unpaired) electrons. The zero-order valence-electron chi connectivity index (χ0n) is 15.5. The summed E-state index contributed by atoms with van der Waals surface area (Å²) in [6.45, 7) is 3.92. The molecule has 138 valence electrons. The molecule has 0 saturated carbocycles. The van der Waals surface area contributed by atoms with Gasteiger partial charge in [0.2, 0.25) is 5.91 Å². The predicted molar refractivity (Wildman–Crippen MR) is 110 cm³/mol. The summed E-state index contributed by atoms with van der Waals surface area (Å²) in [7, 11) is 1.85. The molecule has 2 aromatic carbocycles. The van der Waals surface area contributed by atoms with Gasteiger partial charge in [-0.15, -0.1) is 11.8 Å². The van der Waals surface area contributed by atoms with Crippen molar-refractivity contribution in [2.75, 3.05) is 10.7 Å². The molecule has 0 bridgehead atoms. The summed E-state index contributed by atoms with van der Waals surface area (Å²) in [6, 6.07) is 17.6. The van der Waals surface area contributed by atoms with Gasteiger partial charge in [0.15, 0.2) is 0 Å². The molecule has 0 N–H and O–H groups in total. The van der Waals surface area contributed by atoms with Crippen molar-refractivity contribution in [3.05, 3.63) is 81.8 Å². The zero-order chi connectivity index (χ0) is 19.1. The van der Waals surface area contributed by atoms with Crippen LogP contribution in [0.3, 0.4) is 0 Å². The summed E-state index contributed by atoms with van der Waals surface area (Å²) >= 11 is 1.56. The van der Waals surface area contributed by atoms with Gasteiger partial charge in [-0.05, 0) is 31.5 Å². The van der Waals surface area contributed by atoms with Crippen LogP contribution >= 0.6 is 11.8 Å². The van der Waals surface area contributed by atoms with E-state index in [1.54, 1.807) is 21.3 Å². The highest BCUT2D eigenvalue weighted by Crippen LogP contribution is 2.41. The number of aromatic nitrogens is 2. The molecule has 6 heteroatoms. The molecule has 1 amide bonds. The Bertz CT molecular complexity index is 1050. The zero-order valence-corrected chi connectivity index (χ0v) is 16.4. The lowest BCUT2D eigenvalue weighted by molar-refractivity contribution is -0.115. The normalized spacial score (nSPS) is 16.9. The first-order valence-electron chi connectivity index (χ1n) is 8.83. The molecule has 1 fully saturated rings. The number of nitrogens with zero attached hydrogens (tertiary/aromatic N) is 3. The molecule has 2 heterocycles. The lowest BCUT2D eigenvalue weighted by atomic mass is 10.1. The van der Waals surface area contributed by atoms with Crippen LogP contribution in [-0.2, 0) is 11.8 Å². The molecule has 5 nitrogen and oxygen atoms in total. The molecule has 3 aromatic rings. The SMILES string of the molecule is Cc1ccc([C@H]2SCC(=O)N2c2c(C)n(C)n(-c3ccccc3)c2=O)cc1. The van der Waals surface area contributed by atoms with Gasteiger partial charge in [0, 0.05) is 7.05 Å². The van der Waals surface area contributed by atoms with E-state index in [2.05, 4.69) is 0 Å². The summed E-state index contributed by atoms with van der Waals surface area (Å²) in [5.41, 5.74) is 4.05. The third kappa shape index (κ3) is 2.90. The Morgan fingerprint density at radius 1 is 0.963 bits per heavy atom. The number of thioether (sulfide) groups is 1. The molecule has 27 heavy (non-hydrogen) atoms. The Labute approximate surface area is 162 Å². The molecular weight excluding hydrogens is 358 g/mol. The Hall–Kier alpha value is -2.73. The largest absolute Gasteiger partial charge is 0.295 e. The Morgan fingerprint density at radius 2 is 1.63 bits per heavy atom. The second-order valence-electron chi connectivity index (χ2n) is 6.75. The number of rotatable bonds is 3. The molecule has 1 saturated heterocycles. The molecule has 4 rings (SSSR count). The monoisotopic (exact) mass is 379 g/mol. The van der Waals surface area contributed by atoms with E-state index in [-0.39, 0.29) is 16.8 Å². The second-order valence-corrected chi connectivity index (χ2v) is 7.82. The first-order valence-corrected chi connectivity index (χ1v) is 9.88. The maximum atomic E-state index is 13.3. The van der Waals surface area contributed by atoms with Crippen LogP contribution in [0, 0.1) is 13.8 Å². The first kappa shape index (κ1) is 17.7. The van der Waals surface area contributed by atoms with E-state index in [9.17, 15) is 9.59 Å². The smallest absolute Gasteiger partial charge is 0.288 e. The van der Waals surface area contributed by atoms with Crippen LogP contribution in [0.2, 0.25) is 0 Å². The minimum absolute atomic E-state index is 0.0309. The lowest BCUT2D eigenvalue weighted by Gasteiger charge is -2.23. The maximum Gasteiger partial charge on any atom is 0.295 e. The summed E-state index contributed by atoms with van der Waals surface area (Å²) in [4.78, 5) is 27.7. The van der Waals surface area contributed by atoms with Gasteiger partial charge >= 0.3 is 0 Å². The summed E-state index contributed by atoms with van der Waals surface area (Å²) in [5.74, 6) is 0.342. The van der Waals surface area contributed by atoms with Gasteiger partial charge in [0.05, 0.1) is 17.1 Å². The quantitative estimate of drug-likeness (QED) is 0.699. The molecular formula is C21H21N3O2S. The average Bonchev–Trinajstić information content (AvgIpc) is 3.14. The van der Waals surface area contributed by atoms with Crippen molar-refractivity contribution >= 4 is 23.4 Å². The fourth-order valence-electron chi connectivity index (χ4n) is 3.48. The van der Waals surface area contributed by atoms with Gasteiger partial charge in [0.1, 0.15) is 11.1 Å². The number of benzene rings is 2. The number of amides is 1. The van der Waals surface area contributed by atoms with Gasteiger partial charge in [-0.2, -0.15) is 0 Å². The van der Waals surface area contributed by atoms with E-state index in [4.69, 9.17) is 0 Å². The third-order valence-corrected chi connectivity index (χ3v) is 6.21. The summed E-state index contributed by atoms with van der Waals surface area (Å²) in [5, 5.41) is -0.184.